The van der Waals surface area contributed by atoms with E-state index in [0.717, 1.165) is 5.69 Å². The van der Waals surface area contributed by atoms with E-state index in [2.05, 4.69) is 10.6 Å². The lowest BCUT2D eigenvalue weighted by Crippen LogP contribution is -2.21. The molecule has 0 unspecified atom stereocenters. The number of carboxylic acids is 1. The Balaban J connectivity index is 1.83. The quantitative estimate of drug-likeness (QED) is 0.761. The third-order valence-electron chi connectivity index (χ3n) is 2.82. The molecule has 0 spiro atoms. The number of hydrogen-bond acceptors (Lipinski definition) is 3. The van der Waals surface area contributed by atoms with Crippen LogP contribution in [-0.2, 0) is 16.0 Å². The second-order valence-corrected chi connectivity index (χ2v) is 4.54. The zero-order chi connectivity index (χ0) is 15.1. The summed E-state index contributed by atoms with van der Waals surface area (Å²) in [6.07, 6.45) is -0.0240. The third-order valence-corrected chi connectivity index (χ3v) is 2.82. The van der Waals surface area contributed by atoms with Crippen LogP contribution in [0, 0.1) is 0 Å². The van der Waals surface area contributed by atoms with Crippen molar-refractivity contribution in [1.82, 2.24) is 0 Å². The minimum atomic E-state index is -0.876. The van der Waals surface area contributed by atoms with Crippen molar-refractivity contribution in [3.05, 3.63) is 60.2 Å². The standard InChI is InChI=1S/C16H16N2O3/c19-15(11-17-13-4-2-1-3-5-13)18-14-8-6-12(7-9-14)10-16(20)21/h1-9,17H,10-11H2,(H,18,19)(H,20,21). The Hall–Kier alpha value is -2.82. The molecule has 2 aromatic rings. The van der Waals surface area contributed by atoms with Gasteiger partial charge >= 0.3 is 5.97 Å². The van der Waals surface area contributed by atoms with Crippen LogP contribution in [0.3, 0.4) is 0 Å². The summed E-state index contributed by atoms with van der Waals surface area (Å²) in [7, 11) is 0. The second-order valence-electron chi connectivity index (χ2n) is 4.54. The summed E-state index contributed by atoms with van der Waals surface area (Å²) in [5, 5.41) is 14.4. The Kier molecular flexibility index (Phi) is 4.93. The van der Waals surface area contributed by atoms with Crippen molar-refractivity contribution in [3.63, 3.8) is 0 Å². The number of rotatable bonds is 6. The van der Waals surface area contributed by atoms with E-state index in [1.807, 2.05) is 30.3 Å². The van der Waals surface area contributed by atoms with E-state index in [1.54, 1.807) is 24.3 Å². The molecule has 2 rings (SSSR count). The zero-order valence-corrected chi connectivity index (χ0v) is 11.4. The van der Waals surface area contributed by atoms with Gasteiger partial charge in [0.15, 0.2) is 0 Å². The lowest BCUT2D eigenvalue weighted by molar-refractivity contribution is -0.136. The SMILES string of the molecule is O=C(O)Cc1ccc(NC(=O)CNc2ccccc2)cc1. The first-order valence-electron chi connectivity index (χ1n) is 6.53. The second kappa shape index (κ2) is 7.09. The largest absolute Gasteiger partial charge is 0.481 e. The van der Waals surface area contributed by atoms with Crippen LogP contribution in [0.25, 0.3) is 0 Å². The van der Waals surface area contributed by atoms with Crippen LogP contribution in [0.2, 0.25) is 0 Å². The Labute approximate surface area is 122 Å². The maximum atomic E-state index is 11.8. The topological polar surface area (TPSA) is 78.4 Å². The van der Waals surface area contributed by atoms with E-state index in [4.69, 9.17) is 5.11 Å². The molecule has 21 heavy (non-hydrogen) atoms. The van der Waals surface area contributed by atoms with Crippen molar-refractivity contribution in [2.24, 2.45) is 0 Å². The van der Waals surface area contributed by atoms with Crippen LogP contribution >= 0.6 is 0 Å². The summed E-state index contributed by atoms with van der Waals surface area (Å²) < 4.78 is 0. The lowest BCUT2D eigenvalue weighted by atomic mass is 10.1. The van der Waals surface area contributed by atoms with Gasteiger partial charge < -0.3 is 15.7 Å². The predicted molar refractivity (Wildman–Crippen MR) is 81.3 cm³/mol. The minimum absolute atomic E-state index is 0.0240. The number of aliphatic carboxylic acids is 1. The molecule has 0 saturated heterocycles. The van der Waals surface area contributed by atoms with E-state index in [9.17, 15) is 9.59 Å². The molecule has 0 aromatic heterocycles. The van der Waals surface area contributed by atoms with Crippen LogP contribution in [0.1, 0.15) is 5.56 Å². The highest BCUT2D eigenvalue weighted by molar-refractivity contribution is 5.93. The molecule has 0 saturated carbocycles. The Morgan fingerprint density at radius 2 is 1.57 bits per heavy atom. The molecule has 0 bridgehead atoms. The number of para-hydroxylation sites is 1. The molecular weight excluding hydrogens is 268 g/mol. The average Bonchev–Trinajstić information content (AvgIpc) is 2.48. The highest BCUT2D eigenvalue weighted by Crippen LogP contribution is 2.10. The smallest absolute Gasteiger partial charge is 0.307 e. The number of benzene rings is 2. The predicted octanol–water partition coefficient (Wildman–Crippen LogP) is 2.36. The van der Waals surface area contributed by atoms with Gasteiger partial charge in [-0.1, -0.05) is 30.3 Å². The van der Waals surface area contributed by atoms with Gasteiger partial charge in [0, 0.05) is 11.4 Å². The van der Waals surface area contributed by atoms with Crippen molar-refractivity contribution >= 4 is 23.3 Å². The lowest BCUT2D eigenvalue weighted by Gasteiger charge is -2.08. The van der Waals surface area contributed by atoms with Gasteiger partial charge in [-0.05, 0) is 29.8 Å². The third kappa shape index (κ3) is 4.99. The van der Waals surface area contributed by atoms with Crippen LogP contribution in [-0.4, -0.2) is 23.5 Å². The van der Waals surface area contributed by atoms with Crippen LogP contribution in [0.5, 0.6) is 0 Å². The summed E-state index contributed by atoms with van der Waals surface area (Å²) in [6, 6.07) is 16.2. The van der Waals surface area contributed by atoms with E-state index >= 15 is 0 Å². The molecule has 5 heteroatoms. The Bertz CT molecular complexity index is 609. The van der Waals surface area contributed by atoms with Gasteiger partial charge in [-0.15, -0.1) is 0 Å². The highest BCUT2D eigenvalue weighted by Gasteiger charge is 2.04. The van der Waals surface area contributed by atoms with Crippen LogP contribution in [0.15, 0.2) is 54.6 Å². The van der Waals surface area contributed by atoms with Gasteiger partial charge in [0.25, 0.3) is 0 Å². The number of hydrogen-bond donors (Lipinski definition) is 3. The molecule has 2 aromatic carbocycles. The van der Waals surface area contributed by atoms with Crippen molar-refractivity contribution in [2.45, 2.75) is 6.42 Å². The van der Waals surface area contributed by atoms with Crippen molar-refractivity contribution < 1.29 is 14.7 Å². The Morgan fingerprint density at radius 1 is 0.905 bits per heavy atom. The van der Waals surface area contributed by atoms with Gasteiger partial charge in [0.1, 0.15) is 0 Å². The molecule has 0 radical (unpaired) electrons. The number of anilines is 2. The molecule has 108 valence electrons. The first-order chi connectivity index (χ1) is 10.1. The zero-order valence-electron chi connectivity index (χ0n) is 11.4. The fourth-order valence-corrected chi connectivity index (χ4v) is 1.82. The monoisotopic (exact) mass is 284 g/mol. The number of carbonyl (C=O) groups excluding carboxylic acids is 1. The first kappa shape index (κ1) is 14.6. The molecular formula is C16H16N2O3. The maximum absolute atomic E-state index is 11.8. The summed E-state index contributed by atoms with van der Waals surface area (Å²) in [5.41, 5.74) is 2.22. The summed E-state index contributed by atoms with van der Waals surface area (Å²) in [5.74, 6) is -1.04. The van der Waals surface area contributed by atoms with E-state index in [-0.39, 0.29) is 18.9 Å². The molecule has 3 N–H and O–H groups in total. The van der Waals surface area contributed by atoms with E-state index in [1.165, 1.54) is 0 Å². The maximum Gasteiger partial charge on any atom is 0.307 e. The highest BCUT2D eigenvalue weighted by atomic mass is 16.4. The van der Waals surface area contributed by atoms with Crippen LogP contribution < -0.4 is 10.6 Å². The van der Waals surface area contributed by atoms with Gasteiger partial charge in [-0.3, -0.25) is 9.59 Å². The summed E-state index contributed by atoms with van der Waals surface area (Å²) >= 11 is 0. The van der Waals surface area contributed by atoms with Gasteiger partial charge in [0.2, 0.25) is 5.91 Å². The van der Waals surface area contributed by atoms with Gasteiger partial charge in [-0.2, -0.15) is 0 Å². The fourth-order valence-electron chi connectivity index (χ4n) is 1.82. The van der Waals surface area contributed by atoms with Crippen LogP contribution in [0.4, 0.5) is 11.4 Å². The minimum Gasteiger partial charge on any atom is -0.481 e. The summed E-state index contributed by atoms with van der Waals surface area (Å²) in [4.78, 5) is 22.4. The first-order valence-corrected chi connectivity index (χ1v) is 6.53. The number of carbonyl (C=O) groups is 2. The molecule has 0 aliphatic heterocycles. The molecule has 0 aliphatic rings. The van der Waals surface area contributed by atoms with Crippen molar-refractivity contribution in [1.29, 1.82) is 0 Å². The molecule has 5 nitrogen and oxygen atoms in total. The molecule has 0 aliphatic carbocycles. The molecule has 0 fully saturated rings. The van der Waals surface area contributed by atoms with Crippen molar-refractivity contribution in [3.8, 4) is 0 Å². The Morgan fingerprint density at radius 3 is 2.19 bits per heavy atom. The van der Waals surface area contributed by atoms with E-state index in [0.29, 0.717) is 11.3 Å². The average molecular weight is 284 g/mol. The molecule has 0 atom stereocenters. The summed E-state index contributed by atoms with van der Waals surface area (Å²) in [6.45, 7) is 0.168. The normalized spacial score (nSPS) is 9.90. The van der Waals surface area contributed by atoms with Gasteiger partial charge in [-0.25, -0.2) is 0 Å². The number of carboxylic acid groups (broad SMARTS) is 1. The fraction of sp³-hybridized carbons (Fsp3) is 0.125. The van der Waals surface area contributed by atoms with Crippen molar-refractivity contribution in [2.75, 3.05) is 17.2 Å². The van der Waals surface area contributed by atoms with Gasteiger partial charge in [0.05, 0.1) is 13.0 Å². The number of amides is 1. The molecule has 1 amide bonds. The van der Waals surface area contributed by atoms with E-state index < -0.39 is 5.97 Å². The number of nitrogens with one attached hydrogen (secondary N) is 2. The molecule has 0 heterocycles.